The third-order valence-corrected chi connectivity index (χ3v) is 10.8. The predicted octanol–water partition coefficient (Wildman–Crippen LogP) is 5.74. The Kier molecular flexibility index (Phi) is 6.10. The molecule has 0 radical (unpaired) electrons. The Morgan fingerprint density at radius 1 is 1.00 bits per heavy atom. The van der Waals surface area contributed by atoms with E-state index in [1.807, 2.05) is 0 Å². The topological polar surface area (TPSA) is 18.5 Å². The van der Waals surface area contributed by atoms with Crippen molar-refractivity contribution in [2.24, 2.45) is 5.92 Å². The average Bonchev–Trinajstić information content (AvgIpc) is 2.82. The molecule has 1 aliphatic carbocycles. The molecule has 0 atom stereocenters. The van der Waals surface area contributed by atoms with Crippen LogP contribution in [-0.4, -0.2) is 26.4 Å². The van der Waals surface area contributed by atoms with E-state index in [2.05, 4.69) is 77.2 Å². The van der Waals surface area contributed by atoms with Gasteiger partial charge in [-0.2, -0.15) is 0 Å². The molecule has 0 spiro atoms. The summed E-state index contributed by atoms with van der Waals surface area (Å²) < 4.78 is 12.7. The summed E-state index contributed by atoms with van der Waals surface area (Å²) in [6, 6.07) is 11.1. The first-order valence-corrected chi connectivity index (χ1v) is 13.7. The number of rotatable bonds is 5. The molecule has 2 aliphatic rings. The van der Waals surface area contributed by atoms with E-state index in [1.165, 1.54) is 37.3 Å². The first-order chi connectivity index (χ1) is 12.6. The lowest BCUT2D eigenvalue weighted by Gasteiger charge is -2.32. The number of hydrogen-bond acceptors (Lipinski definition) is 2. The fraction of sp³-hybridized carbons (Fsp3) is 0.652. The van der Waals surface area contributed by atoms with Crippen molar-refractivity contribution in [2.75, 3.05) is 0 Å². The first kappa shape index (κ1) is 20.9. The summed E-state index contributed by atoms with van der Waals surface area (Å²) in [4.78, 5) is 0. The van der Waals surface area contributed by atoms with Crippen molar-refractivity contribution >= 4 is 20.4 Å². The molecule has 148 valence electrons. The van der Waals surface area contributed by atoms with Gasteiger partial charge in [-0.15, -0.1) is 0 Å². The van der Waals surface area contributed by atoms with Gasteiger partial charge in [0.05, 0.1) is 11.2 Å². The van der Waals surface area contributed by atoms with Crippen LogP contribution in [0.3, 0.4) is 0 Å². The van der Waals surface area contributed by atoms with Crippen LogP contribution in [-0.2, 0) is 9.31 Å². The van der Waals surface area contributed by atoms with Crippen molar-refractivity contribution in [3.05, 3.63) is 41.6 Å². The molecule has 3 rings (SSSR count). The maximum atomic E-state index is 6.37. The lowest BCUT2D eigenvalue weighted by molar-refractivity contribution is 0.00578. The second-order valence-corrected chi connectivity index (χ2v) is 14.4. The summed E-state index contributed by atoms with van der Waals surface area (Å²) in [5.74, 6) is 0.728. The minimum absolute atomic E-state index is 0.139. The van der Waals surface area contributed by atoms with E-state index in [1.54, 1.807) is 5.20 Å². The Balaban J connectivity index is 1.88. The molecule has 1 aliphatic heterocycles. The highest BCUT2D eigenvalue weighted by atomic mass is 28.3. The normalized spacial score (nSPS) is 23.6. The van der Waals surface area contributed by atoms with Crippen LogP contribution in [0.15, 0.2) is 41.6 Å². The van der Waals surface area contributed by atoms with Crippen molar-refractivity contribution in [1.82, 2.24) is 0 Å². The van der Waals surface area contributed by atoms with Crippen LogP contribution in [0.4, 0.5) is 0 Å². The Bertz CT molecular complexity index is 644. The smallest absolute Gasteiger partial charge is 0.403 e. The average molecular weight is 384 g/mol. The van der Waals surface area contributed by atoms with Crippen molar-refractivity contribution in [1.29, 1.82) is 0 Å². The predicted molar refractivity (Wildman–Crippen MR) is 119 cm³/mol. The molecule has 0 aromatic heterocycles. The van der Waals surface area contributed by atoms with Crippen molar-refractivity contribution in [2.45, 2.75) is 90.4 Å². The molecule has 1 aromatic carbocycles. The van der Waals surface area contributed by atoms with Crippen LogP contribution in [0.5, 0.6) is 0 Å². The Morgan fingerprint density at radius 2 is 1.56 bits per heavy atom. The summed E-state index contributed by atoms with van der Waals surface area (Å²) in [6.45, 7) is 13.6. The van der Waals surface area contributed by atoms with Gasteiger partial charge in [-0.1, -0.05) is 79.1 Å². The largest absolute Gasteiger partial charge is 0.461 e. The zero-order chi connectivity index (χ0) is 19.7. The minimum atomic E-state index is -1.75. The SMILES string of the molecule is CC1(C)OB(C/C(=C\C2CCCCC2)[Si](C)(C)c2ccccc2)OC1(C)C. The summed E-state index contributed by atoms with van der Waals surface area (Å²) in [7, 11) is -1.89. The third kappa shape index (κ3) is 4.60. The molecular weight excluding hydrogens is 347 g/mol. The monoisotopic (exact) mass is 384 g/mol. The van der Waals surface area contributed by atoms with Gasteiger partial charge in [0.2, 0.25) is 0 Å². The highest BCUT2D eigenvalue weighted by Gasteiger charge is 2.51. The summed E-state index contributed by atoms with van der Waals surface area (Å²) in [6.07, 6.45) is 10.4. The number of hydrogen-bond donors (Lipinski definition) is 0. The Morgan fingerprint density at radius 3 is 2.11 bits per heavy atom. The van der Waals surface area contributed by atoms with Gasteiger partial charge in [-0.05, 0) is 46.5 Å². The zero-order valence-electron chi connectivity index (χ0n) is 18.2. The molecular formula is C23H37BO2Si. The lowest BCUT2D eigenvalue weighted by atomic mass is 9.82. The second-order valence-electron chi connectivity index (χ2n) is 9.97. The van der Waals surface area contributed by atoms with Crippen molar-refractivity contribution in [3.8, 4) is 0 Å². The van der Waals surface area contributed by atoms with E-state index in [9.17, 15) is 0 Å². The summed E-state index contributed by atoms with van der Waals surface area (Å²) >= 11 is 0. The molecule has 0 N–H and O–H groups in total. The van der Waals surface area contributed by atoms with E-state index < -0.39 is 8.07 Å². The number of allylic oxidation sites excluding steroid dienone is 2. The molecule has 1 saturated carbocycles. The second kappa shape index (κ2) is 7.89. The van der Waals surface area contributed by atoms with Gasteiger partial charge in [0, 0.05) is 6.32 Å². The van der Waals surface area contributed by atoms with Gasteiger partial charge in [0.25, 0.3) is 0 Å². The first-order valence-electron chi connectivity index (χ1n) is 10.7. The quantitative estimate of drug-likeness (QED) is 0.603. The van der Waals surface area contributed by atoms with Gasteiger partial charge in [-0.25, -0.2) is 0 Å². The minimum Gasteiger partial charge on any atom is -0.403 e. The highest BCUT2D eigenvalue weighted by Crippen LogP contribution is 2.40. The molecule has 1 heterocycles. The zero-order valence-corrected chi connectivity index (χ0v) is 19.2. The molecule has 2 nitrogen and oxygen atoms in total. The standard InChI is InChI=1S/C23H37BO2Si/c1-22(2)23(3,4)26-24(25-22)18-21(17-19-13-9-7-10-14-19)27(5,6)20-15-11-8-12-16-20/h8,11-12,15-17,19H,7,9-10,13-14,18H2,1-6H3/b21-17+. The van der Waals surface area contributed by atoms with E-state index in [0.29, 0.717) is 0 Å². The van der Waals surface area contributed by atoms with E-state index in [4.69, 9.17) is 9.31 Å². The van der Waals surface area contributed by atoms with Gasteiger partial charge < -0.3 is 9.31 Å². The van der Waals surface area contributed by atoms with Gasteiger partial charge in [-0.3, -0.25) is 0 Å². The molecule has 27 heavy (non-hydrogen) atoms. The van der Waals surface area contributed by atoms with Gasteiger partial charge in [0.1, 0.15) is 8.07 Å². The van der Waals surface area contributed by atoms with E-state index in [-0.39, 0.29) is 18.3 Å². The summed E-state index contributed by atoms with van der Waals surface area (Å²) in [5.41, 5.74) is -0.516. The van der Waals surface area contributed by atoms with Crippen molar-refractivity contribution < 1.29 is 9.31 Å². The van der Waals surface area contributed by atoms with Crippen LogP contribution in [0.25, 0.3) is 0 Å². The highest BCUT2D eigenvalue weighted by molar-refractivity contribution is 6.96. The van der Waals surface area contributed by atoms with Gasteiger partial charge in [0.15, 0.2) is 0 Å². The van der Waals surface area contributed by atoms with Crippen LogP contribution in [0.2, 0.25) is 19.4 Å². The third-order valence-electron chi connectivity index (χ3n) is 7.07. The fourth-order valence-corrected chi connectivity index (χ4v) is 7.11. The van der Waals surface area contributed by atoms with Crippen LogP contribution >= 0.6 is 0 Å². The fourth-order valence-electron chi connectivity index (χ4n) is 4.39. The summed E-state index contributed by atoms with van der Waals surface area (Å²) in [5, 5.41) is 3.10. The van der Waals surface area contributed by atoms with Crippen molar-refractivity contribution in [3.63, 3.8) is 0 Å². The van der Waals surface area contributed by atoms with Crippen LogP contribution in [0.1, 0.15) is 59.8 Å². The Labute approximate surface area is 167 Å². The molecule has 0 amide bonds. The Hall–Kier alpha value is -0.838. The maximum absolute atomic E-state index is 6.37. The molecule has 1 aromatic rings. The van der Waals surface area contributed by atoms with Crippen LogP contribution < -0.4 is 5.19 Å². The number of benzene rings is 1. The lowest BCUT2D eigenvalue weighted by Crippen LogP contribution is -2.45. The van der Waals surface area contributed by atoms with E-state index in [0.717, 1.165) is 12.2 Å². The molecule has 0 bridgehead atoms. The van der Waals surface area contributed by atoms with Gasteiger partial charge >= 0.3 is 7.12 Å². The molecule has 4 heteroatoms. The molecule has 1 saturated heterocycles. The van der Waals surface area contributed by atoms with Crippen LogP contribution in [0, 0.1) is 5.92 Å². The van der Waals surface area contributed by atoms with E-state index >= 15 is 0 Å². The maximum Gasteiger partial charge on any atom is 0.461 e. The molecule has 2 fully saturated rings. The molecule has 0 unspecified atom stereocenters.